The van der Waals surface area contributed by atoms with Crippen LogP contribution >= 0.6 is 11.3 Å². The number of nitrogens with zero attached hydrogens (tertiary/aromatic N) is 2. The van der Waals surface area contributed by atoms with Crippen LogP contribution in [0.1, 0.15) is 33.4 Å². The van der Waals surface area contributed by atoms with E-state index in [0.717, 1.165) is 53.7 Å². The number of rotatable bonds is 7. The molecular weight excluding hydrogens is 456 g/mol. The maximum atomic E-state index is 13.2. The molecule has 6 nitrogen and oxygen atoms in total. The molecule has 1 fully saturated rings. The zero-order chi connectivity index (χ0) is 24.4. The minimum absolute atomic E-state index is 0.0770. The molecule has 7 heteroatoms. The van der Waals surface area contributed by atoms with Gasteiger partial charge in [-0.15, -0.1) is 11.3 Å². The molecule has 5 rings (SSSR count). The fourth-order valence-corrected chi connectivity index (χ4v) is 5.73. The Labute approximate surface area is 210 Å². The molecular formula is C28H32N4O2S. The van der Waals surface area contributed by atoms with Crippen LogP contribution in [-0.2, 0) is 11.3 Å². The lowest BCUT2D eigenvalue weighted by Crippen LogP contribution is -2.42. The van der Waals surface area contributed by atoms with Crippen molar-refractivity contribution in [3.8, 4) is 11.1 Å². The molecule has 0 spiro atoms. The summed E-state index contributed by atoms with van der Waals surface area (Å²) in [4.78, 5) is 25.4. The Bertz CT molecular complexity index is 1350. The van der Waals surface area contributed by atoms with Crippen LogP contribution in [0.15, 0.2) is 53.3 Å². The van der Waals surface area contributed by atoms with Crippen LogP contribution in [0.2, 0.25) is 0 Å². The van der Waals surface area contributed by atoms with Crippen LogP contribution < -0.4 is 10.9 Å². The molecule has 1 atom stereocenters. The molecule has 2 N–H and O–H groups in total. The third kappa shape index (κ3) is 5.38. The van der Waals surface area contributed by atoms with Gasteiger partial charge in [0.1, 0.15) is 10.7 Å². The smallest absolute Gasteiger partial charge is 0.260 e. The largest absolute Gasteiger partial charge is 0.379 e. The third-order valence-electron chi connectivity index (χ3n) is 6.67. The lowest BCUT2D eigenvalue weighted by Gasteiger charge is -2.31. The predicted molar refractivity (Wildman–Crippen MR) is 143 cm³/mol. The minimum atomic E-state index is -0.0770. The average Bonchev–Trinajstić information content (AvgIpc) is 3.20. The van der Waals surface area contributed by atoms with Gasteiger partial charge in [0.15, 0.2) is 0 Å². The first-order valence-corrected chi connectivity index (χ1v) is 13.0. The van der Waals surface area contributed by atoms with Gasteiger partial charge < -0.3 is 15.0 Å². The summed E-state index contributed by atoms with van der Waals surface area (Å²) in [5, 5.41) is 4.34. The first kappa shape index (κ1) is 23.9. The zero-order valence-corrected chi connectivity index (χ0v) is 21.4. The SMILES string of the molecule is Cc1ccc(-c2c(C)sc3nc(CN[C@H](CN4CCOCC4)c4ccc(C)cc4)[nH]c(=O)c23)cc1. The molecule has 0 saturated carbocycles. The van der Waals surface area contributed by atoms with E-state index in [4.69, 9.17) is 9.72 Å². The van der Waals surface area contributed by atoms with E-state index in [9.17, 15) is 4.79 Å². The maximum absolute atomic E-state index is 13.2. The molecule has 1 aliphatic rings. The van der Waals surface area contributed by atoms with Crippen LogP contribution in [0.3, 0.4) is 0 Å². The van der Waals surface area contributed by atoms with Crippen LogP contribution in [-0.4, -0.2) is 47.7 Å². The Morgan fingerprint density at radius 2 is 1.69 bits per heavy atom. The standard InChI is InChI=1S/C28H32N4O2S/c1-18-4-8-21(9-5-18)23(17-32-12-14-34-15-13-32)29-16-24-30-27(33)26-25(20(3)35-28(26)31-24)22-10-6-19(2)7-11-22/h4-11,23,29H,12-17H2,1-3H3,(H,30,31,33)/t23-/m1/s1. The summed E-state index contributed by atoms with van der Waals surface area (Å²) in [5.41, 5.74) is 5.65. The van der Waals surface area contributed by atoms with Crippen LogP contribution in [0.4, 0.5) is 0 Å². The highest BCUT2D eigenvalue weighted by Crippen LogP contribution is 2.35. The van der Waals surface area contributed by atoms with Gasteiger partial charge in [0.05, 0.1) is 25.1 Å². The summed E-state index contributed by atoms with van der Waals surface area (Å²) < 4.78 is 5.52. The van der Waals surface area contributed by atoms with E-state index in [-0.39, 0.29) is 11.6 Å². The van der Waals surface area contributed by atoms with Crippen molar-refractivity contribution < 1.29 is 4.74 Å². The number of nitrogens with one attached hydrogen (secondary N) is 2. The molecule has 0 aliphatic carbocycles. The highest BCUT2D eigenvalue weighted by Gasteiger charge is 2.20. The molecule has 2 aromatic heterocycles. The first-order chi connectivity index (χ1) is 17.0. The molecule has 35 heavy (non-hydrogen) atoms. The number of ether oxygens (including phenoxy) is 1. The van der Waals surface area contributed by atoms with Crippen molar-refractivity contribution in [2.75, 3.05) is 32.8 Å². The van der Waals surface area contributed by atoms with Crippen molar-refractivity contribution in [1.82, 2.24) is 20.2 Å². The van der Waals surface area contributed by atoms with E-state index in [1.165, 1.54) is 16.7 Å². The van der Waals surface area contributed by atoms with Gasteiger partial charge in [0.25, 0.3) is 5.56 Å². The van der Waals surface area contributed by atoms with E-state index >= 15 is 0 Å². The number of morpholine rings is 1. The monoisotopic (exact) mass is 488 g/mol. The Kier molecular flexibility index (Phi) is 7.11. The molecule has 0 amide bonds. The lowest BCUT2D eigenvalue weighted by atomic mass is 10.0. The maximum Gasteiger partial charge on any atom is 0.260 e. The summed E-state index contributed by atoms with van der Waals surface area (Å²) in [5.74, 6) is 0.665. The highest BCUT2D eigenvalue weighted by molar-refractivity contribution is 7.19. The summed E-state index contributed by atoms with van der Waals surface area (Å²) in [6.07, 6.45) is 0. The number of hydrogen-bond acceptors (Lipinski definition) is 6. The van der Waals surface area contributed by atoms with Crippen LogP contribution in [0.25, 0.3) is 21.3 Å². The van der Waals surface area contributed by atoms with Crippen LogP contribution in [0, 0.1) is 20.8 Å². The minimum Gasteiger partial charge on any atom is -0.379 e. The van der Waals surface area contributed by atoms with E-state index in [1.54, 1.807) is 11.3 Å². The summed E-state index contributed by atoms with van der Waals surface area (Å²) >= 11 is 1.59. The topological polar surface area (TPSA) is 70.2 Å². The third-order valence-corrected chi connectivity index (χ3v) is 7.67. The second-order valence-corrected chi connectivity index (χ2v) is 10.6. The van der Waals surface area contributed by atoms with E-state index in [1.807, 2.05) is 0 Å². The van der Waals surface area contributed by atoms with Crippen molar-refractivity contribution in [2.45, 2.75) is 33.4 Å². The van der Waals surface area contributed by atoms with Crippen LogP contribution in [0.5, 0.6) is 0 Å². The fourth-order valence-electron chi connectivity index (χ4n) is 4.66. The van der Waals surface area contributed by atoms with Crippen molar-refractivity contribution in [3.63, 3.8) is 0 Å². The number of aromatic nitrogens is 2. The van der Waals surface area contributed by atoms with Crippen molar-refractivity contribution in [2.24, 2.45) is 0 Å². The molecule has 1 aliphatic heterocycles. The van der Waals surface area contributed by atoms with Gasteiger partial charge in [-0.2, -0.15) is 0 Å². The van der Waals surface area contributed by atoms with E-state index in [0.29, 0.717) is 17.8 Å². The Morgan fingerprint density at radius 1 is 1.03 bits per heavy atom. The Balaban J connectivity index is 1.40. The average molecular weight is 489 g/mol. The Hall–Kier alpha value is -2.84. The lowest BCUT2D eigenvalue weighted by molar-refractivity contribution is 0.0333. The fraction of sp³-hybridized carbons (Fsp3) is 0.357. The van der Waals surface area contributed by atoms with Crippen molar-refractivity contribution in [3.05, 3.63) is 86.3 Å². The highest BCUT2D eigenvalue weighted by atomic mass is 32.1. The summed E-state index contributed by atoms with van der Waals surface area (Å²) in [6.45, 7) is 11.0. The molecule has 3 heterocycles. The molecule has 2 aromatic carbocycles. The number of aryl methyl sites for hydroxylation is 3. The predicted octanol–water partition coefficient (Wildman–Crippen LogP) is 4.74. The number of hydrogen-bond donors (Lipinski definition) is 2. The molecule has 0 radical (unpaired) electrons. The van der Waals surface area contributed by atoms with Gasteiger partial charge in [0.2, 0.25) is 0 Å². The van der Waals surface area contributed by atoms with Gasteiger partial charge in [-0.3, -0.25) is 9.69 Å². The van der Waals surface area contributed by atoms with E-state index < -0.39 is 0 Å². The summed E-state index contributed by atoms with van der Waals surface area (Å²) in [6, 6.07) is 17.1. The van der Waals surface area contributed by atoms with Crippen molar-refractivity contribution >= 4 is 21.6 Å². The van der Waals surface area contributed by atoms with Gasteiger partial charge in [-0.25, -0.2) is 4.98 Å². The molecule has 0 bridgehead atoms. The number of thiophene rings is 1. The number of fused-ring (bicyclic) bond motifs is 1. The zero-order valence-electron chi connectivity index (χ0n) is 20.6. The van der Waals surface area contributed by atoms with Gasteiger partial charge >= 0.3 is 0 Å². The number of H-pyrrole nitrogens is 1. The van der Waals surface area contributed by atoms with Crippen molar-refractivity contribution in [1.29, 1.82) is 0 Å². The second kappa shape index (κ2) is 10.4. The number of benzene rings is 2. The number of aromatic amines is 1. The Morgan fingerprint density at radius 3 is 2.37 bits per heavy atom. The van der Waals surface area contributed by atoms with Gasteiger partial charge in [0, 0.05) is 36.1 Å². The molecule has 182 valence electrons. The summed E-state index contributed by atoms with van der Waals surface area (Å²) in [7, 11) is 0. The first-order valence-electron chi connectivity index (χ1n) is 12.2. The van der Waals surface area contributed by atoms with E-state index in [2.05, 4.69) is 84.5 Å². The molecule has 0 unspecified atom stereocenters. The second-order valence-electron chi connectivity index (χ2n) is 9.35. The quantitative estimate of drug-likeness (QED) is 0.393. The molecule has 1 saturated heterocycles. The van der Waals surface area contributed by atoms with Gasteiger partial charge in [-0.05, 0) is 31.9 Å². The molecule has 4 aromatic rings. The normalized spacial score (nSPS) is 15.5. The van der Waals surface area contributed by atoms with Gasteiger partial charge in [-0.1, -0.05) is 59.7 Å².